The van der Waals surface area contributed by atoms with Crippen molar-refractivity contribution in [1.82, 2.24) is 5.32 Å². The van der Waals surface area contributed by atoms with Gasteiger partial charge < -0.3 is 5.32 Å². The molecule has 1 aromatic rings. The van der Waals surface area contributed by atoms with Crippen LogP contribution in [0.4, 0.5) is 0 Å². The van der Waals surface area contributed by atoms with E-state index in [2.05, 4.69) is 50.4 Å². The lowest BCUT2D eigenvalue weighted by Gasteiger charge is -2.12. The van der Waals surface area contributed by atoms with Crippen LogP contribution in [-0.2, 0) is 6.42 Å². The van der Waals surface area contributed by atoms with Crippen LogP contribution in [0.1, 0.15) is 57.1 Å². The van der Waals surface area contributed by atoms with Crippen molar-refractivity contribution in [1.29, 1.82) is 0 Å². The Labute approximate surface area is 106 Å². The number of nitrogens with one attached hydrogen (secondary N) is 1. The van der Waals surface area contributed by atoms with Gasteiger partial charge in [0.05, 0.1) is 0 Å². The van der Waals surface area contributed by atoms with Crippen LogP contribution >= 0.6 is 0 Å². The highest BCUT2D eigenvalue weighted by Gasteiger charge is 2.19. The second-order valence-electron chi connectivity index (χ2n) is 5.78. The quantitative estimate of drug-likeness (QED) is 0.829. The van der Waals surface area contributed by atoms with Crippen molar-refractivity contribution in [3.8, 4) is 0 Å². The predicted octanol–water partition coefficient (Wildman–Crippen LogP) is 3.88. The fraction of sp³-hybridized carbons (Fsp3) is 0.625. The molecular weight excluding hydrogens is 206 g/mol. The van der Waals surface area contributed by atoms with E-state index in [1.807, 2.05) is 0 Å². The number of hydrogen-bond acceptors (Lipinski definition) is 1. The first-order valence-electron chi connectivity index (χ1n) is 7.00. The minimum atomic E-state index is 0.640. The average molecular weight is 231 g/mol. The molecule has 0 aliphatic carbocycles. The molecule has 2 atom stereocenters. The maximum Gasteiger partial charge on any atom is 0.00732 e. The van der Waals surface area contributed by atoms with E-state index in [4.69, 9.17) is 0 Å². The van der Waals surface area contributed by atoms with Crippen LogP contribution in [0.15, 0.2) is 24.3 Å². The summed E-state index contributed by atoms with van der Waals surface area (Å²) < 4.78 is 0. The van der Waals surface area contributed by atoms with Gasteiger partial charge in [0, 0.05) is 12.1 Å². The maximum atomic E-state index is 3.65. The van der Waals surface area contributed by atoms with E-state index < -0.39 is 0 Å². The van der Waals surface area contributed by atoms with Crippen molar-refractivity contribution in [2.24, 2.45) is 0 Å². The Kier molecular flexibility index (Phi) is 4.22. The van der Waals surface area contributed by atoms with Crippen LogP contribution in [0, 0.1) is 0 Å². The van der Waals surface area contributed by atoms with Crippen molar-refractivity contribution in [2.75, 3.05) is 0 Å². The molecule has 1 N–H and O–H groups in total. The van der Waals surface area contributed by atoms with Crippen molar-refractivity contribution < 1.29 is 0 Å². The SMILES string of the molecule is CC(C)c1ccc(CC[C@H]2CC[C@@H](C)N2)cc1. The summed E-state index contributed by atoms with van der Waals surface area (Å²) in [5, 5.41) is 3.65. The Bertz CT molecular complexity index is 339. The summed E-state index contributed by atoms with van der Waals surface area (Å²) in [5.74, 6) is 0.640. The van der Waals surface area contributed by atoms with Crippen LogP contribution < -0.4 is 5.32 Å². The Balaban J connectivity index is 1.83. The van der Waals surface area contributed by atoms with Crippen LogP contribution in [0.5, 0.6) is 0 Å². The summed E-state index contributed by atoms with van der Waals surface area (Å²) in [5.41, 5.74) is 2.93. The van der Waals surface area contributed by atoms with E-state index >= 15 is 0 Å². The van der Waals surface area contributed by atoms with Crippen LogP contribution in [0.25, 0.3) is 0 Å². The second kappa shape index (κ2) is 5.68. The molecule has 2 rings (SSSR count). The van der Waals surface area contributed by atoms with Crippen molar-refractivity contribution >= 4 is 0 Å². The Morgan fingerprint density at radius 2 is 1.88 bits per heavy atom. The summed E-state index contributed by atoms with van der Waals surface area (Å²) >= 11 is 0. The second-order valence-corrected chi connectivity index (χ2v) is 5.78. The smallest absolute Gasteiger partial charge is 0.00732 e. The summed E-state index contributed by atoms with van der Waals surface area (Å²) in [6.07, 6.45) is 5.19. The average Bonchev–Trinajstić information content (AvgIpc) is 2.73. The summed E-state index contributed by atoms with van der Waals surface area (Å²) in [6, 6.07) is 10.6. The van der Waals surface area contributed by atoms with Crippen molar-refractivity contribution in [2.45, 2.75) is 64.5 Å². The van der Waals surface area contributed by atoms with Gasteiger partial charge in [-0.3, -0.25) is 0 Å². The molecule has 1 heteroatoms. The molecule has 1 saturated heterocycles. The van der Waals surface area contributed by atoms with Crippen molar-refractivity contribution in [3.63, 3.8) is 0 Å². The Morgan fingerprint density at radius 3 is 2.41 bits per heavy atom. The topological polar surface area (TPSA) is 12.0 Å². The minimum absolute atomic E-state index is 0.640. The molecule has 94 valence electrons. The fourth-order valence-corrected chi connectivity index (χ4v) is 2.66. The maximum absolute atomic E-state index is 3.65. The summed E-state index contributed by atoms with van der Waals surface area (Å²) in [6.45, 7) is 6.79. The van der Waals surface area contributed by atoms with Gasteiger partial charge in [-0.2, -0.15) is 0 Å². The third-order valence-corrected chi connectivity index (χ3v) is 3.90. The van der Waals surface area contributed by atoms with Gasteiger partial charge in [0.25, 0.3) is 0 Å². The van der Waals surface area contributed by atoms with Crippen LogP contribution in [0.2, 0.25) is 0 Å². The number of rotatable bonds is 4. The highest BCUT2D eigenvalue weighted by molar-refractivity contribution is 5.24. The Hall–Kier alpha value is -0.820. The molecule has 1 heterocycles. The molecule has 0 amide bonds. The van der Waals surface area contributed by atoms with Gasteiger partial charge >= 0.3 is 0 Å². The first-order valence-corrected chi connectivity index (χ1v) is 7.00. The Morgan fingerprint density at radius 1 is 1.18 bits per heavy atom. The van der Waals surface area contributed by atoms with Gasteiger partial charge in [-0.15, -0.1) is 0 Å². The first kappa shape index (κ1) is 12.6. The van der Waals surface area contributed by atoms with E-state index in [0.29, 0.717) is 5.92 Å². The lowest BCUT2D eigenvalue weighted by Crippen LogP contribution is -2.27. The standard InChI is InChI=1S/C16H25N/c1-12(2)15-8-5-14(6-9-15)7-11-16-10-4-13(3)17-16/h5-6,8-9,12-13,16-17H,4,7,10-11H2,1-3H3/t13-,16-/m1/s1. The number of aryl methyl sites for hydroxylation is 1. The molecule has 1 fully saturated rings. The van der Waals surface area contributed by atoms with E-state index in [1.165, 1.54) is 36.8 Å². The molecule has 0 unspecified atom stereocenters. The van der Waals surface area contributed by atoms with E-state index in [0.717, 1.165) is 12.1 Å². The highest BCUT2D eigenvalue weighted by atomic mass is 15.0. The molecule has 1 aliphatic heterocycles. The zero-order valence-corrected chi connectivity index (χ0v) is 11.4. The largest absolute Gasteiger partial charge is 0.311 e. The monoisotopic (exact) mass is 231 g/mol. The lowest BCUT2D eigenvalue weighted by molar-refractivity contribution is 0.527. The number of hydrogen-bond donors (Lipinski definition) is 1. The van der Waals surface area contributed by atoms with Gasteiger partial charge in [-0.1, -0.05) is 38.1 Å². The lowest BCUT2D eigenvalue weighted by atomic mass is 9.99. The number of benzene rings is 1. The van der Waals surface area contributed by atoms with Gasteiger partial charge in [0.2, 0.25) is 0 Å². The van der Waals surface area contributed by atoms with Gasteiger partial charge in [0.15, 0.2) is 0 Å². The molecule has 0 spiro atoms. The predicted molar refractivity (Wildman–Crippen MR) is 74.5 cm³/mol. The molecule has 1 aliphatic rings. The molecular formula is C16H25N. The van der Waals surface area contributed by atoms with Gasteiger partial charge in [0.1, 0.15) is 0 Å². The van der Waals surface area contributed by atoms with Crippen LogP contribution in [0.3, 0.4) is 0 Å². The zero-order chi connectivity index (χ0) is 12.3. The van der Waals surface area contributed by atoms with Gasteiger partial charge in [-0.05, 0) is 49.7 Å². The molecule has 17 heavy (non-hydrogen) atoms. The first-order chi connectivity index (χ1) is 8.15. The van der Waals surface area contributed by atoms with Crippen LogP contribution in [-0.4, -0.2) is 12.1 Å². The third-order valence-electron chi connectivity index (χ3n) is 3.90. The third kappa shape index (κ3) is 3.57. The summed E-state index contributed by atoms with van der Waals surface area (Å²) in [4.78, 5) is 0. The highest BCUT2D eigenvalue weighted by Crippen LogP contribution is 2.19. The van der Waals surface area contributed by atoms with E-state index in [9.17, 15) is 0 Å². The van der Waals surface area contributed by atoms with E-state index in [-0.39, 0.29) is 0 Å². The zero-order valence-electron chi connectivity index (χ0n) is 11.4. The molecule has 0 saturated carbocycles. The molecule has 0 radical (unpaired) electrons. The molecule has 0 bridgehead atoms. The molecule has 0 aromatic heterocycles. The fourth-order valence-electron chi connectivity index (χ4n) is 2.66. The summed E-state index contributed by atoms with van der Waals surface area (Å²) in [7, 11) is 0. The minimum Gasteiger partial charge on any atom is -0.311 e. The van der Waals surface area contributed by atoms with Crippen molar-refractivity contribution in [3.05, 3.63) is 35.4 Å². The molecule has 1 aromatic carbocycles. The molecule has 1 nitrogen and oxygen atoms in total. The van der Waals surface area contributed by atoms with E-state index in [1.54, 1.807) is 0 Å². The van der Waals surface area contributed by atoms with Gasteiger partial charge in [-0.25, -0.2) is 0 Å². The normalized spacial score (nSPS) is 24.5.